The molecule has 19 heavy (non-hydrogen) atoms. The van der Waals surface area contributed by atoms with E-state index in [9.17, 15) is 4.79 Å². The molecule has 0 aromatic heterocycles. The number of hydrogen-bond acceptors (Lipinski definition) is 2. The maximum Gasteiger partial charge on any atom is 0.320 e. The van der Waals surface area contributed by atoms with Crippen LogP contribution in [0.15, 0.2) is 18.2 Å². The molecular weight excluding hydrogens is 305 g/mol. The van der Waals surface area contributed by atoms with Crippen LogP contribution < -0.4 is 16.4 Å². The largest absolute Gasteiger partial charge is 0.391 e. The number of hydrogen-bond donors (Lipinski definition) is 3. The molecule has 0 aliphatic heterocycles. The molecule has 1 aromatic carbocycles. The second kappa shape index (κ2) is 6.41. The second-order valence-electron chi connectivity index (χ2n) is 4.26. The Morgan fingerprint density at radius 1 is 1.42 bits per heavy atom. The molecule has 1 unspecified atom stereocenters. The lowest BCUT2D eigenvalue weighted by Gasteiger charge is -2.28. The van der Waals surface area contributed by atoms with Crippen LogP contribution in [0.1, 0.15) is 20.3 Å². The predicted octanol–water partition coefficient (Wildman–Crippen LogP) is 3.57. The Kier molecular flexibility index (Phi) is 5.40. The smallest absolute Gasteiger partial charge is 0.320 e. The van der Waals surface area contributed by atoms with Crippen LogP contribution >= 0.6 is 35.4 Å². The van der Waals surface area contributed by atoms with Gasteiger partial charge < -0.3 is 16.4 Å². The summed E-state index contributed by atoms with van der Waals surface area (Å²) in [6.45, 7) is 3.66. The summed E-state index contributed by atoms with van der Waals surface area (Å²) < 4.78 is 0. The Bertz CT molecular complexity index is 510. The van der Waals surface area contributed by atoms with Crippen molar-refractivity contribution in [2.24, 2.45) is 5.73 Å². The van der Waals surface area contributed by atoms with E-state index in [1.807, 2.05) is 6.92 Å². The summed E-state index contributed by atoms with van der Waals surface area (Å²) in [6.07, 6.45) is 0.594. The van der Waals surface area contributed by atoms with Crippen LogP contribution in [-0.4, -0.2) is 16.6 Å². The summed E-state index contributed by atoms with van der Waals surface area (Å²) >= 11 is 16.6. The number of rotatable bonds is 4. The number of anilines is 1. The molecule has 0 heterocycles. The number of thiocarbonyl (C=S) groups is 1. The van der Waals surface area contributed by atoms with E-state index in [0.717, 1.165) is 0 Å². The Balaban J connectivity index is 2.75. The molecule has 4 N–H and O–H groups in total. The lowest BCUT2D eigenvalue weighted by molar-refractivity contribution is 0.245. The van der Waals surface area contributed by atoms with Gasteiger partial charge in [-0.1, -0.05) is 42.3 Å². The zero-order valence-corrected chi connectivity index (χ0v) is 12.9. The molecule has 0 fully saturated rings. The first-order valence-electron chi connectivity index (χ1n) is 5.62. The quantitative estimate of drug-likeness (QED) is 0.743. The summed E-state index contributed by atoms with van der Waals surface area (Å²) in [5, 5.41) is 6.17. The lowest BCUT2D eigenvalue weighted by Crippen LogP contribution is -2.55. The number of carbonyl (C=O) groups excluding carboxylic acids is 1. The molecule has 0 radical (unpaired) electrons. The number of carbonyl (C=O) groups is 1. The molecule has 0 aliphatic rings. The van der Waals surface area contributed by atoms with Crippen LogP contribution in [0.25, 0.3) is 0 Å². The van der Waals surface area contributed by atoms with Crippen LogP contribution in [0.5, 0.6) is 0 Å². The van der Waals surface area contributed by atoms with E-state index in [4.69, 9.17) is 41.2 Å². The number of amides is 2. The van der Waals surface area contributed by atoms with Crippen molar-refractivity contribution in [3.8, 4) is 0 Å². The minimum absolute atomic E-state index is 0.235. The van der Waals surface area contributed by atoms with Crippen LogP contribution in [0.2, 0.25) is 10.0 Å². The highest BCUT2D eigenvalue weighted by atomic mass is 35.5. The molecule has 104 valence electrons. The molecule has 1 rings (SSSR count). The lowest BCUT2D eigenvalue weighted by atomic mass is 9.99. The highest BCUT2D eigenvalue weighted by Gasteiger charge is 2.27. The van der Waals surface area contributed by atoms with Crippen molar-refractivity contribution in [1.82, 2.24) is 5.32 Å². The molecule has 1 aromatic rings. The van der Waals surface area contributed by atoms with Gasteiger partial charge in [0.2, 0.25) is 0 Å². The van der Waals surface area contributed by atoms with Crippen LogP contribution in [-0.2, 0) is 0 Å². The van der Waals surface area contributed by atoms with Crippen molar-refractivity contribution < 1.29 is 4.79 Å². The van der Waals surface area contributed by atoms with Crippen molar-refractivity contribution in [1.29, 1.82) is 0 Å². The summed E-state index contributed by atoms with van der Waals surface area (Å²) in [4.78, 5) is 12.1. The van der Waals surface area contributed by atoms with Crippen molar-refractivity contribution in [3.63, 3.8) is 0 Å². The van der Waals surface area contributed by atoms with E-state index in [-0.39, 0.29) is 4.99 Å². The highest BCUT2D eigenvalue weighted by Crippen LogP contribution is 2.25. The van der Waals surface area contributed by atoms with Gasteiger partial charge in [0, 0.05) is 5.69 Å². The Morgan fingerprint density at radius 2 is 2.05 bits per heavy atom. The Hall–Kier alpha value is -1.04. The summed E-state index contributed by atoms with van der Waals surface area (Å²) in [5.41, 5.74) is 5.43. The van der Waals surface area contributed by atoms with Crippen molar-refractivity contribution >= 4 is 52.1 Å². The standard InChI is InChI=1S/C12H15Cl2N3OS/c1-3-12(2,10(15)19)17-11(18)16-7-4-5-8(13)9(14)6-7/h4-6H,3H2,1-2H3,(H2,15,19)(H2,16,17,18). The highest BCUT2D eigenvalue weighted by molar-refractivity contribution is 7.80. The van der Waals surface area contributed by atoms with Gasteiger partial charge in [0.15, 0.2) is 0 Å². The predicted molar refractivity (Wildman–Crippen MR) is 84.1 cm³/mol. The monoisotopic (exact) mass is 319 g/mol. The zero-order chi connectivity index (χ0) is 14.6. The van der Waals surface area contributed by atoms with E-state index in [2.05, 4.69) is 10.6 Å². The molecule has 4 nitrogen and oxygen atoms in total. The van der Waals surface area contributed by atoms with Crippen LogP contribution in [0, 0.1) is 0 Å². The SMILES string of the molecule is CCC(C)(NC(=O)Nc1ccc(Cl)c(Cl)c1)C(N)=S. The van der Waals surface area contributed by atoms with Crippen molar-refractivity contribution in [2.45, 2.75) is 25.8 Å². The summed E-state index contributed by atoms with van der Waals surface area (Å²) in [6, 6.07) is 4.41. The van der Waals surface area contributed by atoms with Gasteiger partial charge in [-0.2, -0.15) is 0 Å². The molecule has 7 heteroatoms. The number of urea groups is 1. The molecule has 1 atom stereocenters. The molecule has 0 saturated heterocycles. The molecule has 0 aliphatic carbocycles. The van der Waals surface area contributed by atoms with Crippen molar-refractivity contribution in [3.05, 3.63) is 28.2 Å². The van der Waals surface area contributed by atoms with Gasteiger partial charge >= 0.3 is 6.03 Å². The van der Waals surface area contributed by atoms with Gasteiger partial charge in [-0.05, 0) is 31.5 Å². The number of benzene rings is 1. The van der Waals surface area contributed by atoms with E-state index in [1.165, 1.54) is 0 Å². The maximum absolute atomic E-state index is 11.9. The van der Waals surface area contributed by atoms with Gasteiger partial charge in [-0.3, -0.25) is 0 Å². The zero-order valence-electron chi connectivity index (χ0n) is 10.6. The van der Waals surface area contributed by atoms with E-state index < -0.39 is 11.6 Å². The maximum atomic E-state index is 11.9. The molecular formula is C12H15Cl2N3OS. The van der Waals surface area contributed by atoms with Crippen LogP contribution in [0.4, 0.5) is 10.5 Å². The minimum atomic E-state index is -0.727. The third-order valence-electron chi connectivity index (χ3n) is 2.82. The topological polar surface area (TPSA) is 67.2 Å². The first kappa shape index (κ1) is 16.0. The minimum Gasteiger partial charge on any atom is -0.391 e. The fourth-order valence-corrected chi connectivity index (χ4v) is 1.80. The van der Waals surface area contributed by atoms with Crippen LogP contribution in [0.3, 0.4) is 0 Å². The average molecular weight is 320 g/mol. The molecule has 0 saturated carbocycles. The van der Waals surface area contributed by atoms with Gasteiger partial charge in [0.05, 0.1) is 20.6 Å². The first-order valence-corrected chi connectivity index (χ1v) is 6.79. The fraction of sp³-hybridized carbons (Fsp3) is 0.333. The van der Waals surface area contributed by atoms with Crippen molar-refractivity contribution in [2.75, 3.05) is 5.32 Å². The molecule has 2 amide bonds. The summed E-state index contributed by atoms with van der Waals surface area (Å²) in [5.74, 6) is 0. The summed E-state index contributed by atoms with van der Waals surface area (Å²) in [7, 11) is 0. The Morgan fingerprint density at radius 3 is 2.53 bits per heavy atom. The van der Waals surface area contributed by atoms with Gasteiger partial charge in [-0.15, -0.1) is 0 Å². The van der Waals surface area contributed by atoms with Gasteiger partial charge in [0.25, 0.3) is 0 Å². The van der Waals surface area contributed by atoms with E-state index in [0.29, 0.717) is 22.2 Å². The molecule has 0 spiro atoms. The number of nitrogens with two attached hydrogens (primary N) is 1. The normalized spacial score (nSPS) is 13.5. The Labute approximate surface area is 127 Å². The molecule has 0 bridgehead atoms. The third-order valence-corrected chi connectivity index (χ3v) is 4.01. The average Bonchev–Trinajstić information content (AvgIpc) is 2.33. The van der Waals surface area contributed by atoms with E-state index in [1.54, 1.807) is 25.1 Å². The number of halogens is 2. The fourth-order valence-electron chi connectivity index (χ4n) is 1.31. The second-order valence-corrected chi connectivity index (χ2v) is 5.51. The number of nitrogens with one attached hydrogen (secondary N) is 2. The first-order chi connectivity index (χ1) is 8.78. The third kappa shape index (κ3) is 4.23. The van der Waals surface area contributed by atoms with Gasteiger partial charge in [0.1, 0.15) is 0 Å². The van der Waals surface area contributed by atoms with E-state index >= 15 is 0 Å². The van der Waals surface area contributed by atoms with Gasteiger partial charge in [-0.25, -0.2) is 4.79 Å².